The second-order valence-corrected chi connectivity index (χ2v) is 5.31. The van der Waals surface area contributed by atoms with Crippen molar-refractivity contribution in [2.24, 2.45) is 0 Å². The summed E-state index contributed by atoms with van der Waals surface area (Å²) in [5, 5.41) is 2.32. The van der Waals surface area contributed by atoms with Gasteiger partial charge in [0, 0.05) is 6.07 Å². The maximum absolute atomic E-state index is 13.6. The van der Waals surface area contributed by atoms with Gasteiger partial charge in [-0.25, -0.2) is 8.78 Å². The summed E-state index contributed by atoms with van der Waals surface area (Å²) in [7, 11) is 1.57. The molecule has 1 heterocycles. The summed E-state index contributed by atoms with van der Waals surface area (Å²) in [5.41, 5.74) is -0.135. The van der Waals surface area contributed by atoms with E-state index < -0.39 is 17.5 Å². The Morgan fingerprint density at radius 1 is 1.04 bits per heavy atom. The predicted octanol–water partition coefficient (Wildman–Crippen LogP) is 4.40. The highest BCUT2D eigenvalue weighted by atomic mass is 19.1. The van der Waals surface area contributed by atoms with Gasteiger partial charge in [-0.1, -0.05) is 0 Å². The number of rotatable bonds is 6. The molecular weight excluding hydrogens is 344 g/mol. The summed E-state index contributed by atoms with van der Waals surface area (Å²) in [4.78, 5) is 12.1. The Labute approximate surface area is 148 Å². The van der Waals surface area contributed by atoms with Gasteiger partial charge >= 0.3 is 0 Å². The van der Waals surface area contributed by atoms with E-state index in [0.29, 0.717) is 23.3 Å². The van der Waals surface area contributed by atoms with E-state index in [2.05, 4.69) is 5.32 Å². The number of methoxy groups -OCH3 is 1. The number of benzene rings is 2. The lowest BCUT2D eigenvalue weighted by Gasteiger charge is -2.06. The minimum Gasteiger partial charge on any atom is -0.497 e. The Bertz CT molecular complexity index is 906. The summed E-state index contributed by atoms with van der Waals surface area (Å²) < 4.78 is 42.5. The number of nitrogens with one attached hydrogen (secondary N) is 1. The molecule has 1 aromatic heterocycles. The van der Waals surface area contributed by atoms with E-state index in [9.17, 15) is 13.6 Å². The molecule has 7 heteroatoms. The lowest BCUT2D eigenvalue weighted by Crippen LogP contribution is -2.12. The predicted molar refractivity (Wildman–Crippen MR) is 90.3 cm³/mol. The van der Waals surface area contributed by atoms with E-state index in [1.54, 1.807) is 37.4 Å². The fourth-order valence-electron chi connectivity index (χ4n) is 2.18. The maximum Gasteiger partial charge on any atom is 0.291 e. The van der Waals surface area contributed by atoms with E-state index in [1.165, 1.54) is 6.07 Å². The quantitative estimate of drug-likeness (QED) is 0.709. The molecule has 0 spiro atoms. The zero-order valence-corrected chi connectivity index (χ0v) is 13.8. The number of halogens is 2. The van der Waals surface area contributed by atoms with Crippen molar-refractivity contribution in [3.63, 3.8) is 0 Å². The SMILES string of the molecule is COc1ccc(OCc2ccc(C(=O)Nc3ccc(F)cc3F)o2)cc1. The molecule has 3 rings (SSSR count). The summed E-state index contributed by atoms with van der Waals surface area (Å²) in [6, 6.07) is 12.9. The van der Waals surface area contributed by atoms with Gasteiger partial charge in [-0.15, -0.1) is 0 Å². The molecule has 0 unspecified atom stereocenters. The second-order valence-electron chi connectivity index (χ2n) is 5.31. The third-order valence-electron chi connectivity index (χ3n) is 3.51. The van der Waals surface area contributed by atoms with Crippen LogP contribution < -0.4 is 14.8 Å². The van der Waals surface area contributed by atoms with Gasteiger partial charge in [0.1, 0.15) is 35.5 Å². The molecule has 134 valence electrons. The summed E-state index contributed by atoms with van der Waals surface area (Å²) >= 11 is 0. The summed E-state index contributed by atoms with van der Waals surface area (Å²) in [6.45, 7) is 0.116. The van der Waals surface area contributed by atoms with E-state index >= 15 is 0 Å². The number of carbonyl (C=O) groups excluding carboxylic acids is 1. The van der Waals surface area contributed by atoms with Crippen LogP contribution in [0.1, 0.15) is 16.3 Å². The third kappa shape index (κ3) is 4.18. The van der Waals surface area contributed by atoms with Crippen LogP contribution >= 0.6 is 0 Å². The first-order chi connectivity index (χ1) is 12.5. The Kier molecular flexibility index (Phi) is 5.17. The number of amides is 1. The lowest BCUT2D eigenvalue weighted by atomic mass is 10.3. The van der Waals surface area contributed by atoms with Crippen molar-refractivity contribution in [3.8, 4) is 11.5 Å². The highest BCUT2D eigenvalue weighted by Gasteiger charge is 2.14. The van der Waals surface area contributed by atoms with E-state index in [-0.39, 0.29) is 18.1 Å². The molecule has 2 aromatic carbocycles. The van der Waals surface area contributed by atoms with Gasteiger partial charge in [0.25, 0.3) is 5.91 Å². The highest BCUT2D eigenvalue weighted by molar-refractivity contribution is 6.02. The van der Waals surface area contributed by atoms with Crippen LogP contribution in [-0.2, 0) is 6.61 Å². The van der Waals surface area contributed by atoms with Crippen molar-refractivity contribution in [1.29, 1.82) is 0 Å². The monoisotopic (exact) mass is 359 g/mol. The number of furan rings is 1. The number of anilines is 1. The molecular formula is C19H15F2NO4. The minimum absolute atomic E-state index is 0.0120. The normalized spacial score (nSPS) is 10.4. The van der Waals surface area contributed by atoms with Crippen molar-refractivity contribution in [3.05, 3.63) is 77.8 Å². The number of hydrogen-bond acceptors (Lipinski definition) is 4. The molecule has 0 aliphatic carbocycles. The van der Waals surface area contributed by atoms with Crippen LogP contribution in [0.4, 0.5) is 14.5 Å². The van der Waals surface area contributed by atoms with Crippen LogP contribution in [0.3, 0.4) is 0 Å². The highest BCUT2D eigenvalue weighted by Crippen LogP contribution is 2.20. The first-order valence-electron chi connectivity index (χ1n) is 7.67. The van der Waals surface area contributed by atoms with Crippen LogP contribution in [0.5, 0.6) is 11.5 Å². The molecule has 0 aliphatic heterocycles. The van der Waals surface area contributed by atoms with Crippen LogP contribution in [0, 0.1) is 11.6 Å². The van der Waals surface area contributed by atoms with E-state index in [0.717, 1.165) is 12.1 Å². The molecule has 3 aromatic rings. The third-order valence-corrected chi connectivity index (χ3v) is 3.51. The molecule has 0 saturated carbocycles. The lowest BCUT2D eigenvalue weighted by molar-refractivity contribution is 0.0992. The first-order valence-corrected chi connectivity index (χ1v) is 7.67. The van der Waals surface area contributed by atoms with Crippen LogP contribution in [0.25, 0.3) is 0 Å². The summed E-state index contributed by atoms with van der Waals surface area (Å²) in [5.74, 6) is -0.507. The van der Waals surface area contributed by atoms with E-state index in [4.69, 9.17) is 13.9 Å². The number of hydrogen-bond donors (Lipinski definition) is 1. The number of carbonyl (C=O) groups is 1. The van der Waals surface area contributed by atoms with Crippen LogP contribution in [0.2, 0.25) is 0 Å². The maximum atomic E-state index is 13.6. The molecule has 0 saturated heterocycles. The Balaban J connectivity index is 1.60. The minimum atomic E-state index is -0.868. The number of ether oxygens (including phenoxy) is 2. The topological polar surface area (TPSA) is 60.7 Å². The van der Waals surface area contributed by atoms with Crippen LogP contribution in [-0.4, -0.2) is 13.0 Å². The molecule has 5 nitrogen and oxygen atoms in total. The Morgan fingerprint density at radius 2 is 1.77 bits per heavy atom. The molecule has 0 atom stereocenters. The molecule has 1 N–H and O–H groups in total. The van der Waals surface area contributed by atoms with Crippen molar-refractivity contribution in [1.82, 2.24) is 0 Å². The van der Waals surface area contributed by atoms with E-state index in [1.807, 2.05) is 0 Å². The fourth-order valence-corrected chi connectivity index (χ4v) is 2.18. The van der Waals surface area contributed by atoms with Crippen LogP contribution in [0.15, 0.2) is 59.0 Å². The van der Waals surface area contributed by atoms with Gasteiger partial charge in [-0.05, 0) is 48.5 Å². The van der Waals surface area contributed by atoms with Gasteiger partial charge in [0.15, 0.2) is 5.76 Å². The fraction of sp³-hybridized carbons (Fsp3) is 0.105. The molecule has 0 bridgehead atoms. The van der Waals surface area contributed by atoms with Gasteiger partial charge in [0.2, 0.25) is 0 Å². The standard InChI is InChI=1S/C19H15F2NO4/c1-24-13-3-5-14(6-4-13)25-11-15-7-9-18(26-15)19(23)22-17-8-2-12(20)10-16(17)21/h2-10H,11H2,1H3,(H,22,23). The average Bonchev–Trinajstić information content (AvgIpc) is 3.12. The average molecular weight is 359 g/mol. The largest absolute Gasteiger partial charge is 0.497 e. The van der Waals surface area contributed by atoms with Gasteiger partial charge in [0.05, 0.1) is 12.8 Å². The van der Waals surface area contributed by atoms with Crippen molar-refractivity contribution >= 4 is 11.6 Å². The van der Waals surface area contributed by atoms with Gasteiger partial charge < -0.3 is 19.2 Å². The van der Waals surface area contributed by atoms with Gasteiger partial charge in [-0.2, -0.15) is 0 Å². The van der Waals surface area contributed by atoms with Gasteiger partial charge in [-0.3, -0.25) is 4.79 Å². The molecule has 1 amide bonds. The Hall–Kier alpha value is -3.35. The molecule has 0 radical (unpaired) electrons. The molecule has 26 heavy (non-hydrogen) atoms. The smallest absolute Gasteiger partial charge is 0.291 e. The first kappa shape index (κ1) is 17.5. The second kappa shape index (κ2) is 7.69. The Morgan fingerprint density at radius 3 is 2.46 bits per heavy atom. The zero-order chi connectivity index (χ0) is 18.5. The molecule has 0 aliphatic rings. The zero-order valence-electron chi connectivity index (χ0n) is 13.8. The molecule has 0 fully saturated rings. The van der Waals surface area contributed by atoms with Crippen molar-refractivity contribution in [2.75, 3.05) is 12.4 Å². The van der Waals surface area contributed by atoms with Crippen molar-refractivity contribution in [2.45, 2.75) is 6.61 Å². The van der Waals surface area contributed by atoms with Crippen molar-refractivity contribution < 1.29 is 27.5 Å². The summed E-state index contributed by atoms with van der Waals surface area (Å²) in [6.07, 6.45) is 0.